The molecule has 8 nitrogen and oxygen atoms in total. The molecule has 0 saturated heterocycles. The lowest BCUT2D eigenvalue weighted by molar-refractivity contribution is -0.121. The van der Waals surface area contributed by atoms with Crippen molar-refractivity contribution >= 4 is 5.91 Å². The Balaban J connectivity index is 1.60. The largest absolute Gasteiger partial charge is 0.493 e. The van der Waals surface area contributed by atoms with E-state index in [-0.39, 0.29) is 11.8 Å². The quantitative estimate of drug-likeness (QED) is 0.591. The minimum Gasteiger partial charge on any atom is -0.493 e. The highest BCUT2D eigenvalue weighted by molar-refractivity contribution is 5.75. The van der Waals surface area contributed by atoms with Gasteiger partial charge in [-0.05, 0) is 25.0 Å². The topological polar surface area (TPSA) is 110 Å². The highest BCUT2D eigenvalue weighted by Crippen LogP contribution is 2.27. The van der Waals surface area contributed by atoms with Gasteiger partial charge in [-0.2, -0.15) is 10.2 Å². The number of nitrogens with zero attached hydrogens (tertiary/aromatic N) is 3. The van der Waals surface area contributed by atoms with Gasteiger partial charge < -0.3 is 19.3 Å². The number of amides is 1. The lowest BCUT2D eigenvalue weighted by atomic mass is 10.2. The first kappa shape index (κ1) is 21.2. The lowest BCUT2D eigenvalue weighted by Crippen LogP contribution is -2.25. The molecule has 0 bridgehead atoms. The summed E-state index contributed by atoms with van der Waals surface area (Å²) in [7, 11) is 1.52. The van der Waals surface area contributed by atoms with Gasteiger partial charge in [-0.3, -0.25) is 4.79 Å². The van der Waals surface area contributed by atoms with Crippen LogP contribution in [0.15, 0.2) is 22.7 Å². The van der Waals surface area contributed by atoms with Gasteiger partial charge in [0.1, 0.15) is 0 Å². The first-order valence-corrected chi connectivity index (χ1v) is 9.33. The van der Waals surface area contributed by atoms with Crippen molar-refractivity contribution in [3.05, 3.63) is 35.5 Å². The fraction of sp³-hybridized carbons (Fsp3) is 0.500. The molecular weight excluding hydrogens is 360 g/mol. The summed E-state index contributed by atoms with van der Waals surface area (Å²) in [5.74, 6) is 2.58. The van der Waals surface area contributed by atoms with E-state index >= 15 is 0 Å². The Labute approximate surface area is 164 Å². The van der Waals surface area contributed by atoms with Crippen molar-refractivity contribution in [3.8, 4) is 17.6 Å². The van der Waals surface area contributed by atoms with E-state index in [0.29, 0.717) is 61.2 Å². The van der Waals surface area contributed by atoms with E-state index in [2.05, 4.69) is 21.5 Å². The van der Waals surface area contributed by atoms with Crippen molar-refractivity contribution in [1.82, 2.24) is 15.5 Å². The third kappa shape index (κ3) is 6.58. The highest BCUT2D eigenvalue weighted by Gasteiger charge is 2.10. The van der Waals surface area contributed by atoms with Crippen LogP contribution in [0.5, 0.6) is 11.5 Å². The number of rotatable bonds is 11. The van der Waals surface area contributed by atoms with Crippen LogP contribution in [0.3, 0.4) is 0 Å². The number of methoxy groups -OCH3 is 1. The van der Waals surface area contributed by atoms with Crippen molar-refractivity contribution in [3.63, 3.8) is 0 Å². The smallest absolute Gasteiger partial charge is 0.226 e. The van der Waals surface area contributed by atoms with E-state index in [0.717, 1.165) is 6.42 Å². The Hall–Kier alpha value is -3.08. The van der Waals surface area contributed by atoms with Gasteiger partial charge in [0.15, 0.2) is 17.3 Å². The number of aryl methyl sites for hydroxylation is 1. The van der Waals surface area contributed by atoms with Gasteiger partial charge in [-0.25, -0.2) is 0 Å². The van der Waals surface area contributed by atoms with E-state index < -0.39 is 0 Å². The zero-order valence-corrected chi connectivity index (χ0v) is 16.5. The summed E-state index contributed by atoms with van der Waals surface area (Å²) in [6, 6.07) is 7.03. The number of carbonyl (C=O) groups is 1. The zero-order chi connectivity index (χ0) is 20.4. The molecule has 8 heteroatoms. The summed E-state index contributed by atoms with van der Waals surface area (Å²) < 4.78 is 16.0. The molecule has 0 fully saturated rings. The number of ether oxygens (including phenoxy) is 2. The van der Waals surface area contributed by atoms with Crippen molar-refractivity contribution in [1.29, 1.82) is 5.26 Å². The first-order chi connectivity index (χ1) is 13.5. The molecule has 0 aliphatic heterocycles. The van der Waals surface area contributed by atoms with Crippen LogP contribution >= 0.6 is 0 Å². The number of nitrogens with one attached hydrogen (secondary N) is 1. The average molecular weight is 386 g/mol. The predicted octanol–water partition coefficient (Wildman–Crippen LogP) is 2.98. The molecule has 1 N–H and O–H groups in total. The van der Waals surface area contributed by atoms with Gasteiger partial charge in [-0.15, -0.1) is 0 Å². The monoisotopic (exact) mass is 386 g/mol. The highest BCUT2D eigenvalue weighted by atomic mass is 16.5. The van der Waals surface area contributed by atoms with Gasteiger partial charge in [-0.1, -0.05) is 19.0 Å². The molecule has 0 aliphatic carbocycles. The van der Waals surface area contributed by atoms with Crippen molar-refractivity contribution in [2.45, 2.75) is 45.4 Å². The van der Waals surface area contributed by atoms with Crippen LogP contribution in [0.4, 0.5) is 0 Å². The minimum atomic E-state index is -0.0243. The van der Waals surface area contributed by atoms with Gasteiger partial charge in [0, 0.05) is 31.4 Å². The van der Waals surface area contributed by atoms with Crippen molar-refractivity contribution < 1.29 is 18.8 Å². The molecule has 150 valence electrons. The summed E-state index contributed by atoms with van der Waals surface area (Å²) >= 11 is 0. The first-order valence-electron chi connectivity index (χ1n) is 9.33. The number of hydrogen-bond donors (Lipinski definition) is 1. The van der Waals surface area contributed by atoms with Crippen molar-refractivity contribution in [2.24, 2.45) is 0 Å². The molecule has 0 atom stereocenters. The lowest BCUT2D eigenvalue weighted by Gasteiger charge is -2.10. The number of aromatic nitrogens is 2. The van der Waals surface area contributed by atoms with Gasteiger partial charge in [0.25, 0.3) is 0 Å². The second-order valence-electron chi connectivity index (χ2n) is 6.58. The normalized spacial score (nSPS) is 10.5. The summed E-state index contributed by atoms with van der Waals surface area (Å²) in [5, 5.41) is 15.7. The van der Waals surface area contributed by atoms with Gasteiger partial charge in [0.05, 0.1) is 25.3 Å². The van der Waals surface area contributed by atoms with Gasteiger partial charge in [0.2, 0.25) is 11.8 Å². The summed E-state index contributed by atoms with van der Waals surface area (Å²) in [6.07, 6.45) is 2.33. The fourth-order valence-corrected chi connectivity index (χ4v) is 2.43. The summed E-state index contributed by atoms with van der Waals surface area (Å²) in [4.78, 5) is 16.2. The maximum absolute atomic E-state index is 11.9. The molecule has 0 spiro atoms. The third-order valence-electron chi connectivity index (χ3n) is 3.99. The number of carbonyl (C=O) groups excluding carboxylic acids is 1. The Morgan fingerprint density at radius 3 is 2.82 bits per heavy atom. The zero-order valence-electron chi connectivity index (χ0n) is 16.5. The molecule has 0 aliphatic rings. The molecule has 1 aromatic heterocycles. The van der Waals surface area contributed by atoms with Crippen LogP contribution in [0.1, 0.15) is 56.3 Å². The molecule has 28 heavy (non-hydrogen) atoms. The van der Waals surface area contributed by atoms with E-state index in [1.54, 1.807) is 18.2 Å². The van der Waals surface area contributed by atoms with Crippen molar-refractivity contribution in [2.75, 3.05) is 20.3 Å². The molecule has 2 aromatic rings. The maximum atomic E-state index is 11.9. The minimum absolute atomic E-state index is 0.0243. The molecule has 1 heterocycles. The summed E-state index contributed by atoms with van der Waals surface area (Å²) in [6.45, 7) is 4.96. The van der Waals surface area contributed by atoms with Crippen LogP contribution in [-0.2, 0) is 11.2 Å². The molecular formula is C20H26N4O4. The predicted molar refractivity (Wildman–Crippen MR) is 102 cm³/mol. The Kier molecular flexibility index (Phi) is 8.28. The van der Waals surface area contributed by atoms with Crippen LogP contribution in [0.2, 0.25) is 0 Å². The Bertz CT molecular complexity index is 811. The number of benzene rings is 1. The van der Waals surface area contributed by atoms with Crippen LogP contribution < -0.4 is 14.8 Å². The molecule has 0 unspecified atom stereocenters. The second kappa shape index (κ2) is 10.9. The SMILES string of the molecule is COc1cc(C#N)ccc1OCCCC(=O)NCCCc1nc(C(C)C)no1. The average Bonchev–Trinajstić information content (AvgIpc) is 3.18. The van der Waals surface area contributed by atoms with E-state index in [1.807, 2.05) is 13.8 Å². The Morgan fingerprint density at radius 2 is 2.14 bits per heavy atom. The molecule has 1 aromatic carbocycles. The van der Waals surface area contributed by atoms with E-state index in [4.69, 9.17) is 19.3 Å². The van der Waals surface area contributed by atoms with Crippen LogP contribution in [0.25, 0.3) is 0 Å². The molecule has 1 amide bonds. The van der Waals surface area contributed by atoms with E-state index in [9.17, 15) is 4.79 Å². The number of hydrogen-bond acceptors (Lipinski definition) is 7. The fourth-order valence-electron chi connectivity index (χ4n) is 2.43. The van der Waals surface area contributed by atoms with Crippen LogP contribution in [-0.4, -0.2) is 36.3 Å². The molecule has 0 radical (unpaired) electrons. The number of nitriles is 1. The Morgan fingerprint density at radius 1 is 1.32 bits per heavy atom. The molecule has 2 rings (SSSR count). The van der Waals surface area contributed by atoms with Gasteiger partial charge >= 0.3 is 0 Å². The second-order valence-corrected chi connectivity index (χ2v) is 6.58. The standard InChI is InChI=1S/C20H26N4O4/c1-14(2)20-23-19(28-24-20)7-4-10-22-18(25)6-5-11-27-16-9-8-15(13-21)12-17(16)26-3/h8-9,12,14H,4-7,10-11H2,1-3H3,(H,22,25). The van der Waals surface area contributed by atoms with E-state index in [1.165, 1.54) is 7.11 Å². The maximum Gasteiger partial charge on any atom is 0.226 e. The molecule has 0 saturated carbocycles. The summed E-state index contributed by atoms with van der Waals surface area (Å²) in [5.41, 5.74) is 0.504. The third-order valence-corrected chi connectivity index (χ3v) is 3.99. The van der Waals surface area contributed by atoms with Crippen LogP contribution in [0, 0.1) is 11.3 Å².